The normalized spacial score (nSPS) is 10.4. The molecule has 0 aliphatic rings. The molecule has 0 aliphatic heterocycles. The third-order valence-electron chi connectivity index (χ3n) is 2.72. The first-order chi connectivity index (χ1) is 8.62. The standard InChI is InChI=1S/C13H19BrN2OS/c1-3-16(4-2)13(17)9-18-12-7-11(14)6-5-10(12)8-15/h5-7H,3-4,8-9,15H2,1-2H3. The molecule has 1 aromatic carbocycles. The Kier molecular flexibility index (Phi) is 6.75. The van der Waals surface area contributed by atoms with E-state index in [4.69, 9.17) is 5.73 Å². The van der Waals surface area contributed by atoms with E-state index < -0.39 is 0 Å². The molecule has 1 aromatic rings. The van der Waals surface area contributed by atoms with Crippen molar-refractivity contribution in [3.8, 4) is 0 Å². The first-order valence-electron chi connectivity index (χ1n) is 6.01. The second-order valence-corrected chi connectivity index (χ2v) is 5.74. The van der Waals surface area contributed by atoms with Crippen LogP contribution in [0.15, 0.2) is 27.6 Å². The van der Waals surface area contributed by atoms with Gasteiger partial charge in [0.2, 0.25) is 5.91 Å². The molecule has 0 saturated carbocycles. The number of carbonyl (C=O) groups excluding carboxylic acids is 1. The number of halogens is 1. The van der Waals surface area contributed by atoms with Gasteiger partial charge in [-0.3, -0.25) is 4.79 Å². The quantitative estimate of drug-likeness (QED) is 0.816. The van der Waals surface area contributed by atoms with E-state index in [0.717, 1.165) is 28.0 Å². The summed E-state index contributed by atoms with van der Waals surface area (Å²) in [5, 5.41) is 0. The molecule has 3 nitrogen and oxygen atoms in total. The largest absolute Gasteiger partial charge is 0.343 e. The monoisotopic (exact) mass is 330 g/mol. The fraction of sp³-hybridized carbons (Fsp3) is 0.462. The van der Waals surface area contributed by atoms with E-state index in [2.05, 4.69) is 15.9 Å². The zero-order chi connectivity index (χ0) is 13.5. The zero-order valence-electron chi connectivity index (χ0n) is 10.8. The Morgan fingerprint density at radius 3 is 2.61 bits per heavy atom. The Labute approximate surface area is 121 Å². The lowest BCUT2D eigenvalue weighted by Gasteiger charge is -2.18. The van der Waals surface area contributed by atoms with Gasteiger partial charge in [-0.15, -0.1) is 11.8 Å². The number of nitrogens with zero attached hydrogens (tertiary/aromatic N) is 1. The van der Waals surface area contributed by atoms with Gasteiger partial charge in [0.25, 0.3) is 0 Å². The second-order valence-electron chi connectivity index (χ2n) is 3.81. The van der Waals surface area contributed by atoms with Crippen molar-refractivity contribution in [2.75, 3.05) is 18.8 Å². The van der Waals surface area contributed by atoms with E-state index in [1.54, 1.807) is 11.8 Å². The van der Waals surface area contributed by atoms with Gasteiger partial charge in [0.05, 0.1) is 5.75 Å². The average molecular weight is 331 g/mol. The minimum Gasteiger partial charge on any atom is -0.343 e. The van der Waals surface area contributed by atoms with Crippen molar-refractivity contribution in [1.29, 1.82) is 0 Å². The molecule has 0 saturated heterocycles. The minimum absolute atomic E-state index is 0.174. The summed E-state index contributed by atoms with van der Waals surface area (Å²) in [7, 11) is 0. The number of amides is 1. The van der Waals surface area contributed by atoms with Crippen LogP contribution in [0.2, 0.25) is 0 Å². The fourth-order valence-corrected chi connectivity index (χ4v) is 3.16. The molecule has 0 aromatic heterocycles. The van der Waals surface area contributed by atoms with E-state index in [1.807, 2.05) is 36.9 Å². The average Bonchev–Trinajstić information content (AvgIpc) is 2.38. The summed E-state index contributed by atoms with van der Waals surface area (Å²) in [6.45, 7) is 6.01. The Bertz CT molecular complexity index is 408. The fourth-order valence-electron chi connectivity index (χ4n) is 1.64. The van der Waals surface area contributed by atoms with Crippen LogP contribution in [0.5, 0.6) is 0 Å². The highest BCUT2D eigenvalue weighted by Gasteiger charge is 2.11. The van der Waals surface area contributed by atoms with E-state index in [9.17, 15) is 4.79 Å². The van der Waals surface area contributed by atoms with Gasteiger partial charge in [-0.05, 0) is 31.5 Å². The first kappa shape index (κ1) is 15.5. The van der Waals surface area contributed by atoms with Gasteiger partial charge in [-0.1, -0.05) is 22.0 Å². The third kappa shape index (κ3) is 4.30. The van der Waals surface area contributed by atoms with Gasteiger partial charge in [0.15, 0.2) is 0 Å². The highest BCUT2D eigenvalue weighted by atomic mass is 79.9. The van der Waals surface area contributed by atoms with Gasteiger partial charge < -0.3 is 10.6 Å². The number of hydrogen-bond acceptors (Lipinski definition) is 3. The van der Waals surface area contributed by atoms with E-state index in [1.165, 1.54) is 0 Å². The lowest BCUT2D eigenvalue weighted by Crippen LogP contribution is -2.31. The van der Waals surface area contributed by atoms with Gasteiger partial charge in [-0.25, -0.2) is 0 Å². The molecule has 2 N–H and O–H groups in total. The molecule has 1 amide bonds. The molecule has 100 valence electrons. The predicted molar refractivity (Wildman–Crippen MR) is 80.7 cm³/mol. The first-order valence-corrected chi connectivity index (χ1v) is 7.79. The molecule has 5 heteroatoms. The number of nitrogens with two attached hydrogens (primary N) is 1. The Morgan fingerprint density at radius 1 is 1.39 bits per heavy atom. The summed E-state index contributed by atoms with van der Waals surface area (Å²) in [6.07, 6.45) is 0. The van der Waals surface area contributed by atoms with Crippen LogP contribution in [0.4, 0.5) is 0 Å². The van der Waals surface area contributed by atoms with Crippen molar-refractivity contribution < 1.29 is 4.79 Å². The summed E-state index contributed by atoms with van der Waals surface area (Å²) in [5.74, 6) is 0.637. The van der Waals surface area contributed by atoms with Crippen LogP contribution in [-0.4, -0.2) is 29.6 Å². The molecule has 0 unspecified atom stereocenters. The summed E-state index contributed by atoms with van der Waals surface area (Å²) >= 11 is 4.99. The molecule has 18 heavy (non-hydrogen) atoms. The SMILES string of the molecule is CCN(CC)C(=O)CSc1cc(Br)ccc1CN. The number of carbonyl (C=O) groups is 1. The highest BCUT2D eigenvalue weighted by molar-refractivity contribution is 9.10. The topological polar surface area (TPSA) is 46.3 Å². The lowest BCUT2D eigenvalue weighted by molar-refractivity contribution is -0.127. The number of rotatable bonds is 6. The number of benzene rings is 1. The molecule has 0 bridgehead atoms. The van der Waals surface area contributed by atoms with Crippen molar-refractivity contribution in [2.24, 2.45) is 5.73 Å². The van der Waals surface area contributed by atoms with Crippen LogP contribution in [0.1, 0.15) is 19.4 Å². The summed E-state index contributed by atoms with van der Waals surface area (Å²) < 4.78 is 1.01. The van der Waals surface area contributed by atoms with Gasteiger partial charge >= 0.3 is 0 Å². The van der Waals surface area contributed by atoms with Crippen LogP contribution in [-0.2, 0) is 11.3 Å². The molecule has 0 aliphatic carbocycles. The molecule has 0 spiro atoms. The number of hydrogen-bond donors (Lipinski definition) is 1. The molecular formula is C13H19BrN2OS. The highest BCUT2D eigenvalue weighted by Crippen LogP contribution is 2.26. The lowest BCUT2D eigenvalue weighted by atomic mass is 10.2. The summed E-state index contributed by atoms with van der Waals surface area (Å²) in [6, 6.07) is 5.98. The second kappa shape index (κ2) is 7.81. The van der Waals surface area contributed by atoms with E-state index in [-0.39, 0.29) is 5.91 Å². The van der Waals surface area contributed by atoms with Crippen molar-refractivity contribution in [3.05, 3.63) is 28.2 Å². The maximum atomic E-state index is 11.9. The summed E-state index contributed by atoms with van der Waals surface area (Å²) in [5.41, 5.74) is 6.77. The maximum Gasteiger partial charge on any atom is 0.232 e. The third-order valence-corrected chi connectivity index (χ3v) is 4.29. The van der Waals surface area contributed by atoms with Gasteiger partial charge in [0, 0.05) is 29.0 Å². The van der Waals surface area contributed by atoms with Crippen molar-refractivity contribution >= 4 is 33.6 Å². The maximum absolute atomic E-state index is 11.9. The van der Waals surface area contributed by atoms with Crippen LogP contribution >= 0.6 is 27.7 Å². The van der Waals surface area contributed by atoms with E-state index >= 15 is 0 Å². The Hall–Kier alpha value is -0.520. The van der Waals surface area contributed by atoms with Crippen molar-refractivity contribution in [2.45, 2.75) is 25.3 Å². The van der Waals surface area contributed by atoms with Crippen LogP contribution in [0, 0.1) is 0 Å². The summed E-state index contributed by atoms with van der Waals surface area (Å²) in [4.78, 5) is 14.8. The molecule has 0 atom stereocenters. The predicted octanol–water partition coefficient (Wildman–Crippen LogP) is 2.87. The van der Waals surface area contributed by atoms with Crippen LogP contribution in [0.3, 0.4) is 0 Å². The molecule has 0 radical (unpaired) electrons. The van der Waals surface area contributed by atoms with Gasteiger partial charge in [0.1, 0.15) is 0 Å². The Balaban J connectivity index is 2.68. The van der Waals surface area contributed by atoms with Crippen LogP contribution < -0.4 is 5.73 Å². The van der Waals surface area contributed by atoms with Crippen molar-refractivity contribution in [1.82, 2.24) is 4.90 Å². The minimum atomic E-state index is 0.174. The van der Waals surface area contributed by atoms with Gasteiger partial charge in [-0.2, -0.15) is 0 Å². The van der Waals surface area contributed by atoms with Crippen LogP contribution in [0.25, 0.3) is 0 Å². The molecule has 0 heterocycles. The number of thioether (sulfide) groups is 1. The Morgan fingerprint density at radius 2 is 2.06 bits per heavy atom. The molecular weight excluding hydrogens is 312 g/mol. The molecule has 0 fully saturated rings. The molecule has 1 rings (SSSR count). The zero-order valence-corrected chi connectivity index (χ0v) is 13.2. The van der Waals surface area contributed by atoms with Crippen molar-refractivity contribution in [3.63, 3.8) is 0 Å². The van der Waals surface area contributed by atoms with E-state index in [0.29, 0.717) is 12.3 Å². The smallest absolute Gasteiger partial charge is 0.232 e.